The van der Waals surface area contributed by atoms with Gasteiger partial charge in [0.2, 0.25) is 10.0 Å². The van der Waals surface area contributed by atoms with Crippen molar-refractivity contribution in [3.63, 3.8) is 0 Å². The van der Waals surface area contributed by atoms with Crippen LogP contribution in [0.1, 0.15) is 0 Å². The Hall–Kier alpha value is -2.47. The fourth-order valence-corrected chi connectivity index (χ4v) is 3.59. The van der Waals surface area contributed by atoms with Crippen LogP contribution in [0.4, 0.5) is 24.5 Å². The average molecular weight is 410 g/mol. The smallest absolute Gasteiger partial charge is 0.406 e. The molecule has 0 aliphatic carbocycles. The van der Waals surface area contributed by atoms with Crippen molar-refractivity contribution in [2.75, 3.05) is 15.7 Å². The first-order valence-corrected chi connectivity index (χ1v) is 10.2. The predicted octanol–water partition coefficient (Wildman–Crippen LogP) is 2.76. The molecular weight excluding hydrogens is 397 g/mol. The molecule has 2 N–H and O–H groups in total. The van der Waals surface area contributed by atoms with E-state index in [0.29, 0.717) is 6.07 Å². The largest absolute Gasteiger partial charge is 0.573 e. The summed E-state index contributed by atoms with van der Waals surface area (Å²) in [5.74, 6) is -0.706. The third-order valence-electron chi connectivity index (χ3n) is 2.82. The molecule has 0 radical (unpaired) electrons. The molecule has 12 heteroatoms. The van der Waals surface area contributed by atoms with Crippen molar-refractivity contribution in [2.45, 2.75) is 11.3 Å². The minimum atomic E-state index is -4.97. The Balaban J connectivity index is 2.34. The summed E-state index contributed by atoms with van der Waals surface area (Å²) >= 11 is 0. The number of anilines is 2. The van der Waals surface area contributed by atoms with Gasteiger partial charge in [-0.2, -0.15) is 0 Å². The van der Waals surface area contributed by atoms with Gasteiger partial charge in [-0.15, -0.1) is 13.2 Å². The maximum atomic E-state index is 12.4. The number of sulfonamides is 2. The number of nitrogens with one attached hydrogen (secondary N) is 2. The fourth-order valence-electron chi connectivity index (χ4n) is 1.90. The van der Waals surface area contributed by atoms with Gasteiger partial charge >= 0.3 is 6.36 Å². The number of ether oxygens (including phenoxy) is 1. The van der Waals surface area contributed by atoms with E-state index in [0.717, 1.165) is 24.5 Å². The Kier molecular flexibility index (Phi) is 5.37. The van der Waals surface area contributed by atoms with E-state index < -0.39 is 37.1 Å². The summed E-state index contributed by atoms with van der Waals surface area (Å²) < 4.78 is 92.3. The summed E-state index contributed by atoms with van der Waals surface area (Å²) in [6, 6.07) is 9.34. The quantitative estimate of drug-likeness (QED) is 0.763. The summed E-state index contributed by atoms with van der Waals surface area (Å²) in [6.45, 7) is 0. The van der Waals surface area contributed by atoms with Gasteiger partial charge in [-0.05, 0) is 24.3 Å². The van der Waals surface area contributed by atoms with E-state index in [-0.39, 0.29) is 11.4 Å². The summed E-state index contributed by atoms with van der Waals surface area (Å²) in [5, 5.41) is 0. The predicted molar refractivity (Wildman–Crippen MR) is 88.8 cm³/mol. The number of para-hydroxylation sites is 2. The van der Waals surface area contributed by atoms with Gasteiger partial charge in [0.05, 0.1) is 22.5 Å². The maximum absolute atomic E-state index is 12.4. The molecular formula is C14H13F3N2O5S2. The zero-order chi connectivity index (χ0) is 19.6. The second kappa shape index (κ2) is 7.03. The lowest BCUT2D eigenvalue weighted by atomic mass is 10.3. The Morgan fingerprint density at radius 2 is 1.46 bits per heavy atom. The highest BCUT2D eigenvalue weighted by Gasteiger charge is 2.31. The van der Waals surface area contributed by atoms with Crippen molar-refractivity contribution >= 4 is 31.4 Å². The summed E-state index contributed by atoms with van der Waals surface area (Å²) in [6.07, 6.45) is -4.09. The zero-order valence-corrected chi connectivity index (χ0v) is 14.7. The number of rotatable bonds is 6. The van der Waals surface area contributed by atoms with Crippen molar-refractivity contribution in [1.29, 1.82) is 0 Å². The highest BCUT2D eigenvalue weighted by atomic mass is 32.2. The molecule has 0 heterocycles. The Bertz CT molecular complexity index is 1010. The van der Waals surface area contributed by atoms with Gasteiger partial charge in [0.1, 0.15) is 5.75 Å². The van der Waals surface area contributed by atoms with Crippen LogP contribution in [0.3, 0.4) is 0 Å². The van der Waals surface area contributed by atoms with E-state index >= 15 is 0 Å². The van der Waals surface area contributed by atoms with Crippen LogP contribution in [-0.4, -0.2) is 29.5 Å². The van der Waals surface area contributed by atoms with Crippen LogP contribution >= 0.6 is 0 Å². The van der Waals surface area contributed by atoms with Gasteiger partial charge in [-0.3, -0.25) is 9.44 Å². The van der Waals surface area contributed by atoms with E-state index in [1.165, 1.54) is 24.3 Å². The second-order valence-electron chi connectivity index (χ2n) is 5.05. The van der Waals surface area contributed by atoms with Crippen LogP contribution in [-0.2, 0) is 20.0 Å². The molecule has 0 saturated carbocycles. The van der Waals surface area contributed by atoms with Crippen LogP contribution in [0, 0.1) is 0 Å². The third kappa shape index (κ3) is 5.81. The van der Waals surface area contributed by atoms with Crippen LogP contribution < -0.4 is 14.2 Å². The Morgan fingerprint density at radius 3 is 2.00 bits per heavy atom. The second-order valence-corrected chi connectivity index (χ2v) is 8.48. The first-order valence-electron chi connectivity index (χ1n) is 6.81. The molecule has 2 rings (SSSR count). The lowest BCUT2D eigenvalue weighted by Crippen LogP contribution is -2.18. The Labute approximate surface area is 147 Å². The summed E-state index contributed by atoms with van der Waals surface area (Å²) in [5.41, 5.74) is -0.138. The minimum Gasteiger partial charge on any atom is -0.406 e. The van der Waals surface area contributed by atoms with Gasteiger partial charge in [0.25, 0.3) is 10.0 Å². The third-order valence-corrected chi connectivity index (χ3v) is 4.77. The SMILES string of the molecule is CS(=O)(=O)Nc1ccccc1NS(=O)(=O)c1cccc(OC(F)(F)F)c1. The number of hydrogen-bond acceptors (Lipinski definition) is 5. The number of halogens is 3. The molecule has 0 spiro atoms. The van der Waals surface area contributed by atoms with E-state index in [1.54, 1.807) is 0 Å². The first kappa shape index (κ1) is 19.8. The molecule has 0 fully saturated rings. The maximum Gasteiger partial charge on any atom is 0.573 e. The molecule has 142 valence electrons. The van der Waals surface area contributed by atoms with E-state index in [2.05, 4.69) is 14.2 Å². The molecule has 2 aromatic carbocycles. The standard InChI is InChI=1S/C14H13F3N2O5S2/c1-25(20,21)18-12-7-2-3-8-13(12)19-26(22,23)11-6-4-5-10(9-11)24-14(15,16)17/h2-9,18-19H,1H3. The normalized spacial score (nSPS) is 12.5. The highest BCUT2D eigenvalue weighted by molar-refractivity contribution is 7.93. The molecule has 0 saturated heterocycles. The number of alkyl halides is 3. The lowest BCUT2D eigenvalue weighted by molar-refractivity contribution is -0.274. The highest BCUT2D eigenvalue weighted by Crippen LogP contribution is 2.28. The molecule has 2 aromatic rings. The van der Waals surface area contributed by atoms with E-state index in [1.807, 2.05) is 0 Å². The van der Waals surface area contributed by atoms with E-state index in [4.69, 9.17) is 0 Å². The number of hydrogen-bond donors (Lipinski definition) is 2. The van der Waals surface area contributed by atoms with Crippen molar-refractivity contribution < 1.29 is 34.7 Å². The summed E-state index contributed by atoms with van der Waals surface area (Å²) in [4.78, 5) is -0.492. The van der Waals surface area contributed by atoms with Crippen molar-refractivity contribution in [1.82, 2.24) is 0 Å². The average Bonchev–Trinajstić information content (AvgIpc) is 2.46. The first-order chi connectivity index (χ1) is 11.9. The molecule has 0 amide bonds. The van der Waals surface area contributed by atoms with Gasteiger partial charge in [0.15, 0.2) is 0 Å². The van der Waals surface area contributed by atoms with Crippen LogP contribution in [0.15, 0.2) is 53.4 Å². The summed E-state index contributed by atoms with van der Waals surface area (Å²) in [7, 11) is -7.98. The van der Waals surface area contributed by atoms with Crippen molar-refractivity contribution in [3.05, 3.63) is 48.5 Å². The van der Waals surface area contributed by atoms with Gasteiger partial charge in [-0.25, -0.2) is 16.8 Å². The molecule has 0 atom stereocenters. The van der Waals surface area contributed by atoms with Crippen molar-refractivity contribution in [2.24, 2.45) is 0 Å². The van der Waals surface area contributed by atoms with Gasteiger partial charge in [0, 0.05) is 6.07 Å². The topological polar surface area (TPSA) is 102 Å². The molecule has 0 aliphatic heterocycles. The lowest BCUT2D eigenvalue weighted by Gasteiger charge is -2.14. The minimum absolute atomic E-state index is 0.0405. The molecule has 0 bridgehead atoms. The molecule has 26 heavy (non-hydrogen) atoms. The monoisotopic (exact) mass is 410 g/mol. The Morgan fingerprint density at radius 1 is 0.885 bits per heavy atom. The molecule has 7 nitrogen and oxygen atoms in total. The number of benzene rings is 2. The molecule has 0 unspecified atom stereocenters. The van der Waals surface area contributed by atoms with Gasteiger partial charge in [-0.1, -0.05) is 18.2 Å². The van der Waals surface area contributed by atoms with Crippen LogP contribution in [0.25, 0.3) is 0 Å². The van der Waals surface area contributed by atoms with Crippen molar-refractivity contribution in [3.8, 4) is 5.75 Å². The van der Waals surface area contributed by atoms with Crippen LogP contribution in [0.2, 0.25) is 0 Å². The van der Waals surface area contributed by atoms with Gasteiger partial charge < -0.3 is 4.74 Å². The van der Waals surface area contributed by atoms with Crippen LogP contribution in [0.5, 0.6) is 5.75 Å². The molecule has 0 aliphatic rings. The molecule has 0 aromatic heterocycles. The fraction of sp³-hybridized carbons (Fsp3) is 0.143. The van der Waals surface area contributed by atoms with E-state index in [9.17, 15) is 30.0 Å². The zero-order valence-electron chi connectivity index (χ0n) is 13.1.